The van der Waals surface area contributed by atoms with Crippen LogP contribution in [0.3, 0.4) is 0 Å². The number of amides is 3. The van der Waals surface area contributed by atoms with Crippen molar-refractivity contribution in [1.29, 1.82) is 0 Å². The number of fused-ring (bicyclic) bond motifs is 1. The Morgan fingerprint density at radius 3 is 2.44 bits per heavy atom. The zero-order chi connectivity index (χ0) is 34.8. The number of hydrogen-bond acceptors (Lipinski definition) is 7. The van der Waals surface area contributed by atoms with E-state index in [4.69, 9.17) is 9.47 Å². The van der Waals surface area contributed by atoms with E-state index in [9.17, 15) is 27.5 Å². The lowest BCUT2D eigenvalue weighted by Crippen LogP contribution is -2.48. The molecule has 2 aromatic carbocycles. The molecule has 2 aromatic rings. The number of rotatable bonds is 8. The number of nitrogens with zero attached hydrogens (tertiary/aromatic N) is 2. The number of carbonyl (C=O) groups is 2. The van der Waals surface area contributed by atoms with Crippen molar-refractivity contribution >= 4 is 27.6 Å². The lowest BCUT2D eigenvalue weighted by Gasteiger charge is -2.35. The minimum absolute atomic E-state index is 0.00329. The topological polar surface area (TPSA) is 138 Å². The molecule has 2 aliphatic rings. The fourth-order valence-corrected chi connectivity index (χ4v) is 7.38. The number of aliphatic hydroxyl groups excluding tert-OH is 1. The van der Waals surface area contributed by atoms with Gasteiger partial charge in [0, 0.05) is 44.4 Å². The molecule has 11 nitrogen and oxygen atoms in total. The number of urea groups is 1. The van der Waals surface area contributed by atoms with Crippen LogP contribution >= 0.6 is 0 Å². The van der Waals surface area contributed by atoms with E-state index >= 15 is 0 Å². The van der Waals surface area contributed by atoms with Gasteiger partial charge in [-0.15, -0.1) is 0 Å². The monoisotopic (exact) mass is 690 g/mol. The summed E-state index contributed by atoms with van der Waals surface area (Å²) in [6, 6.07) is 8.87. The molecular formula is C35H51FN4O7S. The molecule has 4 atom stereocenters. The molecule has 48 heavy (non-hydrogen) atoms. The number of hydrogen-bond donors (Lipinski definition) is 3. The van der Waals surface area contributed by atoms with Gasteiger partial charge in [0.1, 0.15) is 11.6 Å². The summed E-state index contributed by atoms with van der Waals surface area (Å²) in [6.07, 6.45) is 6.57. The Balaban J connectivity index is 1.60. The smallest absolute Gasteiger partial charge is 0.319 e. The maximum absolute atomic E-state index is 14.3. The summed E-state index contributed by atoms with van der Waals surface area (Å²) in [5, 5.41) is 16.1. The average Bonchev–Trinajstić information content (AvgIpc) is 3.06. The van der Waals surface area contributed by atoms with Crippen LogP contribution in [0.15, 0.2) is 47.4 Å². The lowest BCUT2D eigenvalue weighted by atomic mass is 9.96. The minimum Gasteiger partial charge on any atom is -0.490 e. The largest absolute Gasteiger partial charge is 0.490 e. The van der Waals surface area contributed by atoms with Crippen LogP contribution in [0.1, 0.15) is 82.5 Å². The molecule has 1 aliphatic heterocycles. The Labute approximate surface area is 284 Å². The summed E-state index contributed by atoms with van der Waals surface area (Å²) in [7, 11) is -2.49. The SMILES string of the molecule is C[C@H]1CCCCO[C@H](CN(C)S(=O)(=O)c2ccc(F)cc2)[C@@H](C)CN([C@@H](C)CO)C(=O)c2cc(NC(=O)NC3CCCCC3)ccc2O1. The van der Waals surface area contributed by atoms with Crippen molar-refractivity contribution in [1.82, 2.24) is 14.5 Å². The molecular weight excluding hydrogens is 639 g/mol. The zero-order valence-electron chi connectivity index (χ0n) is 28.5. The summed E-state index contributed by atoms with van der Waals surface area (Å²) < 4.78 is 53.9. The molecule has 13 heteroatoms. The van der Waals surface area contributed by atoms with E-state index in [1.807, 2.05) is 13.8 Å². The van der Waals surface area contributed by atoms with Crippen LogP contribution < -0.4 is 15.4 Å². The van der Waals surface area contributed by atoms with E-state index in [0.29, 0.717) is 30.9 Å². The Hall–Kier alpha value is -3.26. The van der Waals surface area contributed by atoms with Crippen LogP contribution in [-0.4, -0.2) is 92.3 Å². The van der Waals surface area contributed by atoms with Crippen molar-refractivity contribution in [3.8, 4) is 5.75 Å². The van der Waals surface area contributed by atoms with Gasteiger partial charge >= 0.3 is 6.03 Å². The first-order valence-corrected chi connectivity index (χ1v) is 18.5. The van der Waals surface area contributed by atoms with Gasteiger partial charge in [0.25, 0.3) is 5.91 Å². The molecule has 266 valence electrons. The van der Waals surface area contributed by atoms with Gasteiger partial charge in [-0.25, -0.2) is 17.6 Å². The van der Waals surface area contributed by atoms with E-state index < -0.39 is 33.9 Å². The molecule has 1 heterocycles. The van der Waals surface area contributed by atoms with E-state index in [-0.39, 0.29) is 54.3 Å². The average molecular weight is 691 g/mol. The first-order valence-electron chi connectivity index (χ1n) is 17.0. The fourth-order valence-electron chi connectivity index (χ4n) is 6.20. The Bertz CT molecular complexity index is 1470. The summed E-state index contributed by atoms with van der Waals surface area (Å²) in [6.45, 7) is 5.76. The maximum atomic E-state index is 14.3. The summed E-state index contributed by atoms with van der Waals surface area (Å²) in [5.41, 5.74) is 0.682. The highest BCUT2D eigenvalue weighted by atomic mass is 32.2. The van der Waals surface area contributed by atoms with Crippen LogP contribution in [0.2, 0.25) is 0 Å². The van der Waals surface area contributed by atoms with Gasteiger partial charge in [0.2, 0.25) is 10.0 Å². The number of aliphatic hydroxyl groups is 1. The summed E-state index contributed by atoms with van der Waals surface area (Å²) >= 11 is 0. The number of anilines is 1. The predicted molar refractivity (Wildman–Crippen MR) is 182 cm³/mol. The quantitative estimate of drug-likeness (QED) is 0.338. The van der Waals surface area contributed by atoms with E-state index in [1.165, 1.54) is 29.9 Å². The van der Waals surface area contributed by atoms with Crippen molar-refractivity contribution < 1.29 is 37.0 Å². The number of benzene rings is 2. The third-order valence-corrected chi connectivity index (χ3v) is 11.0. The molecule has 1 fully saturated rings. The van der Waals surface area contributed by atoms with Crippen molar-refractivity contribution in [3.63, 3.8) is 0 Å². The van der Waals surface area contributed by atoms with Crippen LogP contribution in [0, 0.1) is 11.7 Å². The molecule has 0 spiro atoms. The van der Waals surface area contributed by atoms with Crippen LogP contribution in [0.5, 0.6) is 5.75 Å². The Morgan fingerprint density at radius 2 is 1.75 bits per heavy atom. The van der Waals surface area contributed by atoms with Gasteiger partial charge in [-0.3, -0.25) is 4.79 Å². The van der Waals surface area contributed by atoms with Gasteiger partial charge in [-0.2, -0.15) is 4.31 Å². The molecule has 0 saturated heterocycles. The number of halogens is 1. The Kier molecular flexibility index (Phi) is 13.6. The van der Waals surface area contributed by atoms with Crippen LogP contribution in [0.4, 0.5) is 14.9 Å². The molecule has 0 aromatic heterocycles. The molecule has 0 unspecified atom stereocenters. The molecule has 4 rings (SSSR count). The van der Waals surface area contributed by atoms with Crippen molar-refractivity contribution in [2.24, 2.45) is 5.92 Å². The zero-order valence-corrected chi connectivity index (χ0v) is 29.3. The van der Waals surface area contributed by atoms with Gasteiger partial charge in [0.15, 0.2) is 0 Å². The van der Waals surface area contributed by atoms with E-state index in [2.05, 4.69) is 10.6 Å². The standard InChI is InChI=1S/C35H51FN4O7S/c1-24-21-40(25(2)23-41)34(42)31-20-29(38-35(43)37-28-11-6-5-7-12-28)15-18-32(31)47-26(3)10-8-9-19-46-33(24)22-39(4)48(44,45)30-16-13-27(36)14-17-30/h13-18,20,24-26,28,33,41H,5-12,19,21-23H2,1-4H3,(H2,37,38,43)/t24-,25-,26-,33+/m0/s1. The van der Waals surface area contributed by atoms with Gasteiger partial charge < -0.3 is 30.1 Å². The molecule has 0 bridgehead atoms. The van der Waals surface area contributed by atoms with Crippen LogP contribution in [0.25, 0.3) is 0 Å². The maximum Gasteiger partial charge on any atom is 0.319 e. The number of nitrogens with one attached hydrogen (secondary N) is 2. The second-order valence-corrected chi connectivity index (χ2v) is 15.2. The van der Waals surface area contributed by atoms with Crippen molar-refractivity contribution in [2.45, 2.75) is 101 Å². The first-order chi connectivity index (χ1) is 22.9. The highest BCUT2D eigenvalue weighted by molar-refractivity contribution is 7.89. The molecule has 1 saturated carbocycles. The number of sulfonamides is 1. The number of ether oxygens (including phenoxy) is 2. The highest BCUT2D eigenvalue weighted by Crippen LogP contribution is 2.29. The van der Waals surface area contributed by atoms with Crippen molar-refractivity contribution in [3.05, 3.63) is 53.8 Å². The highest BCUT2D eigenvalue weighted by Gasteiger charge is 2.32. The summed E-state index contributed by atoms with van der Waals surface area (Å²) in [4.78, 5) is 28.7. The predicted octanol–water partition coefficient (Wildman–Crippen LogP) is 5.40. The van der Waals surface area contributed by atoms with E-state index in [1.54, 1.807) is 30.0 Å². The molecule has 3 N–H and O–H groups in total. The normalized spacial score (nSPS) is 22.7. The Morgan fingerprint density at radius 1 is 1.06 bits per heavy atom. The van der Waals surface area contributed by atoms with E-state index in [0.717, 1.165) is 44.2 Å². The number of likely N-dealkylation sites (N-methyl/N-ethyl adjacent to an activating group) is 1. The first kappa shape index (κ1) is 37.6. The molecule has 3 amide bonds. The second-order valence-electron chi connectivity index (χ2n) is 13.2. The van der Waals surface area contributed by atoms with Crippen molar-refractivity contribution in [2.75, 3.05) is 38.7 Å². The fraction of sp³-hybridized carbons (Fsp3) is 0.600. The molecule has 0 radical (unpaired) electrons. The second kappa shape index (κ2) is 17.4. The summed E-state index contributed by atoms with van der Waals surface area (Å²) in [5.74, 6) is -0.912. The minimum atomic E-state index is -3.95. The lowest BCUT2D eigenvalue weighted by molar-refractivity contribution is -0.00834. The van der Waals surface area contributed by atoms with Gasteiger partial charge in [0.05, 0.1) is 35.3 Å². The third kappa shape index (κ3) is 10.1. The molecule has 1 aliphatic carbocycles. The van der Waals surface area contributed by atoms with Crippen LogP contribution in [-0.2, 0) is 14.8 Å². The number of carbonyl (C=O) groups excluding carboxylic acids is 2. The third-order valence-electron chi connectivity index (χ3n) is 9.21. The van der Waals surface area contributed by atoms with Gasteiger partial charge in [-0.05, 0) is 88.4 Å². The van der Waals surface area contributed by atoms with Gasteiger partial charge in [-0.1, -0.05) is 26.2 Å².